The number of unbranched alkanes of at least 4 members (excludes halogenated alkanes) is 1. The van der Waals surface area contributed by atoms with Gasteiger partial charge in [0.25, 0.3) is 5.91 Å². The minimum absolute atomic E-state index is 0.0347. The Kier molecular flexibility index (Phi) is 7.64. The monoisotopic (exact) mass is 304 g/mol. The highest BCUT2D eigenvalue weighted by atomic mass is 16.2. The van der Waals surface area contributed by atoms with Crippen molar-refractivity contribution in [3.63, 3.8) is 0 Å². The summed E-state index contributed by atoms with van der Waals surface area (Å²) >= 11 is 0. The number of anilines is 1. The second-order valence-electron chi connectivity index (χ2n) is 5.63. The summed E-state index contributed by atoms with van der Waals surface area (Å²) in [6.45, 7) is 8.57. The van der Waals surface area contributed by atoms with Gasteiger partial charge < -0.3 is 10.6 Å². The predicted molar refractivity (Wildman–Crippen MR) is 91.1 cm³/mol. The highest BCUT2D eigenvalue weighted by Crippen LogP contribution is 2.20. The molecule has 0 spiro atoms. The summed E-state index contributed by atoms with van der Waals surface area (Å²) in [6.07, 6.45) is 3.90. The molecule has 1 unspecified atom stereocenters. The number of rotatable bonds is 8. The maximum atomic E-state index is 12.4. The van der Waals surface area contributed by atoms with E-state index in [0.29, 0.717) is 12.1 Å². The molecule has 0 radical (unpaired) electrons. The lowest BCUT2D eigenvalue weighted by molar-refractivity contribution is -0.120. The lowest BCUT2D eigenvalue weighted by atomic mass is 9.98. The number of amides is 2. The maximum absolute atomic E-state index is 12.4. The molecule has 1 aromatic rings. The fourth-order valence-corrected chi connectivity index (χ4v) is 2.37. The zero-order chi connectivity index (χ0) is 16.5. The quantitative estimate of drug-likeness (QED) is 0.765. The Hall–Kier alpha value is -1.84. The molecular weight excluding hydrogens is 276 g/mol. The van der Waals surface area contributed by atoms with Crippen molar-refractivity contribution in [1.29, 1.82) is 0 Å². The molecule has 0 aromatic heterocycles. The van der Waals surface area contributed by atoms with Crippen LogP contribution < -0.4 is 10.6 Å². The third-order valence-electron chi connectivity index (χ3n) is 3.86. The summed E-state index contributed by atoms with van der Waals surface area (Å²) in [5.41, 5.74) is 2.26. The molecule has 0 fully saturated rings. The molecule has 1 atom stereocenters. The number of carbonyl (C=O) groups excluding carboxylic acids is 2. The average molecular weight is 304 g/mol. The van der Waals surface area contributed by atoms with Crippen LogP contribution in [0.2, 0.25) is 0 Å². The minimum Gasteiger partial charge on any atom is -0.352 e. The van der Waals surface area contributed by atoms with Crippen LogP contribution in [0.1, 0.15) is 62.4 Å². The number of nitrogens with one attached hydrogen (secondary N) is 2. The molecule has 2 N–H and O–H groups in total. The van der Waals surface area contributed by atoms with Crippen LogP contribution in [0.15, 0.2) is 18.2 Å². The van der Waals surface area contributed by atoms with E-state index in [9.17, 15) is 9.59 Å². The van der Waals surface area contributed by atoms with Gasteiger partial charge in [-0.2, -0.15) is 0 Å². The molecule has 0 saturated heterocycles. The van der Waals surface area contributed by atoms with Crippen LogP contribution in [-0.4, -0.2) is 18.4 Å². The van der Waals surface area contributed by atoms with Gasteiger partial charge in [0.15, 0.2) is 0 Å². The minimum atomic E-state index is -0.115. The van der Waals surface area contributed by atoms with Crippen LogP contribution in [0.4, 0.5) is 5.69 Å². The standard InChI is InChI=1S/C18H28N2O2/c1-5-8-9-14(6-2)18(22)20-16-12-15(11-10-13(16)4)17(21)19-7-3/h10-12,14H,5-9H2,1-4H3,(H,19,21)(H,20,22). The fraction of sp³-hybridized carbons (Fsp3) is 0.556. The third kappa shape index (κ3) is 5.17. The number of hydrogen-bond acceptors (Lipinski definition) is 2. The van der Waals surface area contributed by atoms with Gasteiger partial charge in [0.2, 0.25) is 5.91 Å². The van der Waals surface area contributed by atoms with Gasteiger partial charge in [0.05, 0.1) is 0 Å². The Morgan fingerprint density at radius 3 is 2.50 bits per heavy atom. The second kappa shape index (κ2) is 9.23. The maximum Gasteiger partial charge on any atom is 0.251 e. The highest BCUT2D eigenvalue weighted by Gasteiger charge is 2.17. The molecule has 4 nitrogen and oxygen atoms in total. The van der Waals surface area contributed by atoms with Crippen LogP contribution in [0.3, 0.4) is 0 Å². The Morgan fingerprint density at radius 2 is 1.91 bits per heavy atom. The molecular formula is C18H28N2O2. The van der Waals surface area contributed by atoms with Gasteiger partial charge >= 0.3 is 0 Å². The van der Waals surface area contributed by atoms with Crippen LogP contribution in [0.5, 0.6) is 0 Å². The van der Waals surface area contributed by atoms with E-state index in [-0.39, 0.29) is 17.7 Å². The largest absolute Gasteiger partial charge is 0.352 e. The molecule has 1 aromatic carbocycles. The topological polar surface area (TPSA) is 58.2 Å². The van der Waals surface area contributed by atoms with Crippen LogP contribution in [0, 0.1) is 12.8 Å². The summed E-state index contributed by atoms with van der Waals surface area (Å²) in [4.78, 5) is 24.3. The van der Waals surface area contributed by atoms with Gasteiger partial charge in [-0.1, -0.05) is 32.8 Å². The Morgan fingerprint density at radius 1 is 1.18 bits per heavy atom. The molecule has 0 saturated carbocycles. The Labute approximate surface area is 133 Å². The van der Waals surface area contributed by atoms with Crippen molar-refractivity contribution in [3.8, 4) is 0 Å². The number of benzene rings is 1. The van der Waals surface area contributed by atoms with Crippen molar-refractivity contribution in [2.75, 3.05) is 11.9 Å². The normalized spacial score (nSPS) is 11.8. The molecule has 0 aliphatic rings. The lowest BCUT2D eigenvalue weighted by Gasteiger charge is -2.16. The zero-order valence-corrected chi connectivity index (χ0v) is 14.2. The van der Waals surface area contributed by atoms with E-state index in [1.54, 1.807) is 12.1 Å². The van der Waals surface area contributed by atoms with Crippen molar-refractivity contribution in [2.45, 2.75) is 53.4 Å². The smallest absolute Gasteiger partial charge is 0.251 e. The molecule has 0 aliphatic heterocycles. The first-order chi connectivity index (χ1) is 10.5. The van der Waals surface area contributed by atoms with Crippen LogP contribution >= 0.6 is 0 Å². The van der Waals surface area contributed by atoms with Gasteiger partial charge in [-0.3, -0.25) is 9.59 Å². The molecule has 0 heterocycles. The van der Waals surface area contributed by atoms with Crippen molar-refractivity contribution < 1.29 is 9.59 Å². The van der Waals surface area contributed by atoms with Crippen molar-refractivity contribution in [3.05, 3.63) is 29.3 Å². The fourth-order valence-electron chi connectivity index (χ4n) is 2.37. The number of carbonyl (C=O) groups is 2. The molecule has 0 bridgehead atoms. The summed E-state index contributed by atoms with van der Waals surface area (Å²) < 4.78 is 0. The van der Waals surface area contributed by atoms with E-state index in [1.807, 2.05) is 26.8 Å². The molecule has 2 amide bonds. The molecule has 0 aliphatic carbocycles. The van der Waals surface area contributed by atoms with E-state index >= 15 is 0 Å². The average Bonchev–Trinajstić information content (AvgIpc) is 2.50. The first-order valence-corrected chi connectivity index (χ1v) is 8.23. The summed E-state index contributed by atoms with van der Waals surface area (Å²) in [5, 5.41) is 5.76. The zero-order valence-electron chi connectivity index (χ0n) is 14.2. The Bertz CT molecular complexity index is 512. The number of aryl methyl sites for hydroxylation is 1. The first kappa shape index (κ1) is 18.2. The molecule has 122 valence electrons. The van der Waals surface area contributed by atoms with E-state index in [1.165, 1.54) is 0 Å². The van der Waals surface area contributed by atoms with Gasteiger partial charge in [0.1, 0.15) is 0 Å². The SMILES string of the molecule is CCCCC(CC)C(=O)Nc1cc(C(=O)NCC)ccc1C. The second-order valence-corrected chi connectivity index (χ2v) is 5.63. The van der Waals surface area contributed by atoms with E-state index in [4.69, 9.17) is 0 Å². The molecule has 22 heavy (non-hydrogen) atoms. The van der Waals surface area contributed by atoms with Gasteiger partial charge in [0, 0.05) is 23.7 Å². The Balaban J connectivity index is 2.85. The van der Waals surface area contributed by atoms with Crippen molar-refractivity contribution >= 4 is 17.5 Å². The molecule has 4 heteroatoms. The lowest BCUT2D eigenvalue weighted by Crippen LogP contribution is -2.24. The van der Waals surface area contributed by atoms with Gasteiger partial charge in [-0.05, 0) is 44.4 Å². The highest BCUT2D eigenvalue weighted by molar-refractivity contribution is 5.98. The number of hydrogen-bond donors (Lipinski definition) is 2. The first-order valence-electron chi connectivity index (χ1n) is 8.23. The van der Waals surface area contributed by atoms with Crippen molar-refractivity contribution in [2.24, 2.45) is 5.92 Å². The summed E-state index contributed by atoms with van der Waals surface area (Å²) in [7, 11) is 0. The predicted octanol–water partition coefficient (Wildman–Crippen LogP) is 3.90. The van der Waals surface area contributed by atoms with Gasteiger partial charge in [-0.15, -0.1) is 0 Å². The van der Waals surface area contributed by atoms with Crippen molar-refractivity contribution in [1.82, 2.24) is 5.32 Å². The van der Waals surface area contributed by atoms with Crippen LogP contribution in [0.25, 0.3) is 0 Å². The van der Waals surface area contributed by atoms with Gasteiger partial charge in [-0.25, -0.2) is 0 Å². The third-order valence-corrected chi connectivity index (χ3v) is 3.86. The molecule has 1 rings (SSSR count). The van der Waals surface area contributed by atoms with E-state index in [2.05, 4.69) is 17.6 Å². The van der Waals surface area contributed by atoms with E-state index < -0.39 is 0 Å². The summed E-state index contributed by atoms with van der Waals surface area (Å²) in [5.74, 6) is -0.0319. The van der Waals surface area contributed by atoms with Crippen LogP contribution in [-0.2, 0) is 4.79 Å². The summed E-state index contributed by atoms with van der Waals surface area (Å²) in [6, 6.07) is 5.41. The van der Waals surface area contributed by atoms with E-state index in [0.717, 1.165) is 36.9 Å².